The summed E-state index contributed by atoms with van der Waals surface area (Å²) in [6.45, 7) is 4.88. The van der Waals surface area contributed by atoms with Gasteiger partial charge in [0.25, 0.3) is 0 Å². The molecule has 26 heavy (non-hydrogen) atoms. The third kappa shape index (κ3) is 6.84. The Morgan fingerprint density at radius 1 is 1.08 bits per heavy atom. The van der Waals surface area contributed by atoms with Gasteiger partial charge in [0, 0.05) is 18.7 Å². The number of hydrazine groups is 1. The highest BCUT2D eigenvalue weighted by Gasteiger charge is 2.16. The van der Waals surface area contributed by atoms with Crippen LogP contribution in [0.5, 0.6) is 5.75 Å². The molecule has 0 aliphatic carbocycles. The average molecular weight is 357 g/mol. The number of rotatable bonds is 10. The van der Waals surface area contributed by atoms with Gasteiger partial charge in [0.05, 0.1) is 17.9 Å². The molecule has 2 rings (SSSR count). The minimum absolute atomic E-state index is 0.117. The maximum atomic E-state index is 12.1. The maximum Gasteiger partial charge on any atom is 0.343 e. The Morgan fingerprint density at radius 3 is 2.58 bits per heavy atom. The van der Waals surface area contributed by atoms with E-state index in [9.17, 15) is 4.79 Å². The van der Waals surface area contributed by atoms with E-state index >= 15 is 0 Å². The van der Waals surface area contributed by atoms with Crippen molar-refractivity contribution in [1.29, 1.82) is 0 Å². The van der Waals surface area contributed by atoms with E-state index in [1.54, 1.807) is 31.3 Å². The van der Waals surface area contributed by atoms with Crippen molar-refractivity contribution in [3.8, 4) is 5.75 Å². The summed E-state index contributed by atoms with van der Waals surface area (Å²) in [5.74, 6) is 0.117. The Morgan fingerprint density at radius 2 is 1.85 bits per heavy atom. The molecule has 6 nitrogen and oxygen atoms in total. The number of hydrogen-bond acceptors (Lipinski definition) is 6. The van der Waals surface area contributed by atoms with Crippen molar-refractivity contribution in [2.75, 3.05) is 19.1 Å². The summed E-state index contributed by atoms with van der Waals surface area (Å²) in [7, 11) is 1.75. The monoisotopic (exact) mass is 357 g/mol. The van der Waals surface area contributed by atoms with Crippen LogP contribution in [0.25, 0.3) is 0 Å². The first kappa shape index (κ1) is 19.9. The third-order valence-corrected chi connectivity index (χ3v) is 3.79. The maximum absolute atomic E-state index is 12.1. The van der Waals surface area contributed by atoms with Crippen LogP contribution < -0.4 is 21.1 Å². The minimum Gasteiger partial charge on any atom is -0.423 e. The van der Waals surface area contributed by atoms with Gasteiger partial charge < -0.3 is 15.0 Å². The molecule has 0 aliphatic rings. The molecule has 0 saturated heterocycles. The Bertz CT molecular complexity index is 690. The molecule has 0 aliphatic heterocycles. The molecule has 2 aromatic carbocycles. The molecule has 0 radical (unpaired) electrons. The van der Waals surface area contributed by atoms with Crippen molar-refractivity contribution >= 4 is 11.7 Å². The lowest BCUT2D eigenvalue weighted by molar-refractivity contribution is 0.0522. The van der Waals surface area contributed by atoms with E-state index in [-0.39, 0.29) is 11.5 Å². The van der Waals surface area contributed by atoms with Crippen molar-refractivity contribution in [3.63, 3.8) is 0 Å². The standard InChI is InChI=1S/C20H27N3O3/c1-20(2,13-8-14-25-21-3)23-22-17-11-7-12-18(15-17)26-19(24)16-9-5-4-6-10-16/h4-7,9-12,15,21-23H,8,13-14H2,1-3H3. The lowest BCUT2D eigenvalue weighted by atomic mass is 10.00. The highest BCUT2D eigenvalue weighted by molar-refractivity contribution is 5.91. The van der Waals surface area contributed by atoms with E-state index in [0.29, 0.717) is 17.9 Å². The predicted octanol–water partition coefficient (Wildman–Crippen LogP) is 3.53. The van der Waals surface area contributed by atoms with E-state index in [1.807, 2.05) is 30.3 Å². The van der Waals surface area contributed by atoms with Gasteiger partial charge in [-0.3, -0.25) is 0 Å². The van der Waals surface area contributed by atoms with Crippen LogP contribution in [0.15, 0.2) is 54.6 Å². The molecule has 0 heterocycles. The van der Waals surface area contributed by atoms with E-state index in [1.165, 1.54) is 0 Å². The van der Waals surface area contributed by atoms with Gasteiger partial charge in [0.15, 0.2) is 0 Å². The second kappa shape index (κ2) is 9.91. The Labute approximate surface area is 154 Å². The lowest BCUT2D eigenvalue weighted by Crippen LogP contribution is -2.43. The third-order valence-electron chi connectivity index (χ3n) is 3.79. The van der Waals surface area contributed by atoms with Crippen molar-refractivity contribution in [3.05, 3.63) is 60.2 Å². The molecule has 0 atom stereocenters. The molecule has 0 aromatic heterocycles. The first-order chi connectivity index (χ1) is 12.5. The number of benzene rings is 2. The Balaban J connectivity index is 1.87. The number of anilines is 1. The Kier molecular flexibility index (Phi) is 7.59. The van der Waals surface area contributed by atoms with Crippen LogP contribution in [0.3, 0.4) is 0 Å². The molecule has 3 N–H and O–H groups in total. The van der Waals surface area contributed by atoms with Gasteiger partial charge in [0.2, 0.25) is 0 Å². The summed E-state index contributed by atoms with van der Waals surface area (Å²) >= 11 is 0. The summed E-state index contributed by atoms with van der Waals surface area (Å²) in [5, 5.41) is 0. The largest absolute Gasteiger partial charge is 0.423 e. The second-order valence-corrected chi connectivity index (χ2v) is 6.57. The fourth-order valence-corrected chi connectivity index (χ4v) is 2.37. The number of nitrogens with one attached hydrogen (secondary N) is 3. The average Bonchev–Trinajstić information content (AvgIpc) is 2.65. The number of carbonyl (C=O) groups is 1. The van der Waals surface area contributed by atoms with Crippen LogP contribution in [-0.2, 0) is 4.84 Å². The first-order valence-electron chi connectivity index (χ1n) is 8.69. The molecule has 0 bridgehead atoms. The van der Waals surface area contributed by atoms with Crippen LogP contribution in [0.1, 0.15) is 37.0 Å². The highest BCUT2D eigenvalue weighted by Crippen LogP contribution is 2.19. The summed E-state index contributed by atoms with van der Waals surface area (Å²) in [6.07, 6.45) is 1.86. The molecule has 0 amide bonds. The molecular formula is C20H27N3O3. The van der Waals surface area contributed by atoms with E-state index in [0.717, 1.165) is 18.5 Å². The molecular weight excluding hydrogens is 330 g/mol. The van der Waals surface area contributed by atoms with E-state index < -0.39 is 0 Å². The zero-order valence-corrected chi connectivity index (χ0v) is 15.5. The molecule has 0 saturated carbocycles. The van der Waals surface area contributed by atoms with Gasteiger partial charge >= 0.3 is 5.97 Å². The van der Waals surface area contributed by atoms with Crippen LogP contribution in [0.4, 0.5) is 5.69 Å². The molecule has 0 unspecified atom stereocenters. The quantitative estimate of drug-likeness (QED) is 0.261. The molecule has 0 spiro atoms. The fourth-order valence-electron chi connectivity index (χ4n) is 2.37. The van der Waals surface area contributed by atoms with Gasteiger partial charge in [-0.1, -0.05) is 24.3 Å². The zero-order valence-electron chi connectivity index (χ0n) is 15.5. The van der Waals surface area contributed by atoms with Gasteiger partial charge in [-0.2, -0.15) is 0 Å². The topological polar surface area (TPSA) is 71.6 Å². The second-order valence-electron chi connectivity index (χ2n) is 6.57. The van der Waals surface area contributed by atoms with Gasteiger partial charge in [-0.05, 0) is 51.0 Å². The van der Waals surface area contributed by atoms with Crippen LogP contribution in [0.2, 0.25) is 0 Å². The SMILES string of the molecule is CNOCCCC(C)(C)NNc1cccc(OC(=O)c2ccccc2)c1. The Hall–Kier alpha value is -2.41. The number of carbonyl (C=O) groups excluding carboxylic acids is 1. The van der Waals surface area contributed by atoms with Crippen LogP contribution >= 0.6 is 0 Å². The summed E-state index contributed by atoms with van der Waals surface area (Å²) in [6, 6.07) is 16.2. The normalized spacial score (nSPS) is 11.2. The smallest absolute Gasteiger partial charge is 0.343 e. The summed E-state index contributed by atoms with van der Waals surface area (Å²) in [4.78, 5) is 17.3. The lowest BCUT2D eigenvalue weighted by Gasteiger charge is -2.27. The van der Waals surface area contributed by atoms with Gasteiger partial charge in [-0.25, -0.2) is 15.7 Å². The number of esters is 1. The van der Waals surface area contributed by atoms with E-state index in [2.05, 4.69) is 30.2 Å². The van der Waals surface area contributed by atoms with E-state index in [4.69, 9.17) is 9.57 Å². The predicted molar refractivity (Wildman–Crippen MR) is 103 cm³/mol. The van der Waals surface area contributed by atoms with Crippen LogP contribution in [-0.4, -0.2) is 25.2 Å². The summed E-state index contributed by atoms with van der Waals surface area (Å²) < 4.78 is 5.43. The molecule has 2 aromatic rings. The first-order valence-corrected chi connectivity index (χ1v) is 8.69. The van der Waals surface area contributed by atoms with Crippen molar-refractivity contribution in [2.24, 2.45) is 0 Å². The van der Waals surface area contributed by atoms with Gasteiger partial charge in [0.1, 0.15) is 5.75 Å². The van der Waals surface area contributed by atoms with Gasteiger partial charge in [-0.15, -0.1) is 0 Å². The number of hydrogen-bond donors (Lipinski definition) is 3. The van der Waals surface area contributed by atoms with Crippen LogP contribution in [0, 0.1) is 0 Å². The van der Waals surface area contributed by atoms with Crippen molar-refractivity contribution < 1.29 is 14.4 Å². The van der Waals surface area contributed by atoms with Crippen molar-refractivity contribution in [1.82, 2.24) is 10.9 Å². The fraction of sp³-hybridized carbons (Fsp3) is 0.350. The highest BCUT2D eigenvalue weighted by atomic mass is 16.6. The number of hydroxylamine groups is 1. The summed E-state index contributed by atoms with van der Waals surface area (Å²) in [5.41, 5.74) is 10.4. The number of ether oxygens (including phenoxy) is 1. The molecule has 140 valence electrons. The molecule has 0 fully saturated rings. The molecule has 6 heteroatoms. The van der Waals surface area contributed by atoms with Crippen molar-refractivity contribution in [2.45, 2.75) is 32.2 Å². The zero-order chi connectivity index (χ0) is 18.8. The minimum atomic E-state index is -0.374.